The van der Waals surface area contributed by atoms with E-state index in [-0.39, 0.29) is 6.10 Å². The minimum Gasteiger partial charge on any atom is -0.489 e. The summed E-state index contributed by atoms with van der Waals surface area (Å²) >= 11 is 0. The highest BCUT2D eigenvalue weighted by Gasteiger charge is 2.18. The lowest BCUT2D eigenvalue weighted by Gasteiger charge is -2.26. The van der Waals surface area contributed by atoms with Crippen LogP contribution in [0.5, 0.6) is 5.75 Å². The first kappa shape index (κ1) is 17.0. The molecule has 1 rings (SSSR count). The Morgan fingerprint density at radius 3 is 2.20 bits per heavy atom. The predicted octanol–water partition coefficient (Wildman–Crippen LogP) is 4.52. The van der Waals surface area contributed by atoms with Gasteiger partial charge in [0.05, 0.1) is 0 Å². The summed E-state index contributed by atoms with van der Waals surface area (Å²) in [5.41, 5.74) is 2.55. The lowest BCUT2D eigenvalue weighted by molar-refractivity contribution is 0.144. The molecule has 2 nitrogen and oxygen atoms in total. The van der Waals surface area contributed by atoms with Crippen LogP contribution >= 0.6 is 0 Å². The molecule has 1 atom stereocenters. The molecule has 0 saturated carbocycles. The van der Waals surface area contributed by atoms with E-state index in [1.165, 1.54) is 11.1 Å². The van der Waals surface area contributed by atoms with Crippen molar-refractivity contribution in [2.24, 2.45) is 5.92 Å². The van der Waals surface area contributed by atoms with E-state index in [2.05, 4.69) is 72.0 Å². The summed E-state index contributed by atoms with van der Waals surface area (Å²) < 4.78 is 6.34. The van der Waals surface area contributed by atoms with Crippen LogP contribution in [0.15, 0.2) is 18.2 Å². The monoisotopic (exact) mass is 277 g/mol. The highest BCUT2D eigenvalue weighted by Crippen LogP contribution is 2.29. The van der Waals surface area contributed by atoms with E-state index in [4.69, 9.17) is 4.74 Å². The molecular weight excluding hydrogens is 246 g/mol. The van der Waals surface area contributed by atoms with Crippen molar-refractivity contribution in [3.63, 3.8) is 0 Å². The van der Waals surface area contributed by atoms with Gasteiger partial charge in [0.1, 0.15) is 11.9 Å². The molecule has 0 saturated heterocycles. The van der Waals surface area contributed by atoms with E-state index in [1.807, 2.05) is 0 Å². The lowest BCUT2D eigenvalue weighted by Crippen LogP contribution is -2.38. The van der Waals surface area contributed by atoms with Crippen LogP contribution in [0.4, 0.5) is 0 Å². The molecule has 0 fully saturated rings. The highest BCUT2D eigenvalue weighted by atomic mass is 16.5. The van der Waals surface area contributed by atoms with E-state index in [0.29, 0.717) is 17.9 Å². The number of aryl methyl sites for hydroxylation is 1. The molecule has 0 spiro atoms. The van der Waals surface area contributed by atoms with Crippen molar-refractivity contribution in [3.8, 4) is 5.75 Å². The fourth-order valence-electron chi connectivity index (χ4n) is 2.15. The molecule has 0 bridgehead atoms. The van der Waals surface area contributed by atoms with Gasteiger partial charge in [-0.05, 0) is 36.0 Å². The van der Waals surface area contributed by atoms with E-state index < -0.39 is 0 Å². The fraction of sp³-hybridized carbons (Fsp3) is 0.667. The lowest BCUT2D eigenvalue weighted by atomic mass is 10.00. The van der Waals surface area contributed by atoms with Crippen molar-refractivity contribution >= 4 is 0 Å². The Balaban J connectivity index is 2.89. The molecule has 0 aliphatic carbocycles. The molecule has 1 aromatic carbocycles. The van der Waals surface area contributed by atoms with Gasteiger partial charge < -0.3 is 10.1 Å². The maximum atomic E-state index is 6.34. The van der Waals surface area contributed by atoms with Gasteiger partial charge in [0.15, 0.2) is 0 Å². The number of hydrogen-bond acceptors (Lipinski definition) is 2. The standard InChI is InChI=1S/C18H31NO/c1-12(2)16-9-8-15(7)10-17(16)20-18(13(3)4)11-19-14(5)6/h8-10,12-14,18-19H,11H2,1-7H3. The number of ether oxygens (including phenoxy) is 1. The SMILES string of the molecule is Cc1ccc(C(C)C)c(OC(CNC(C)C)C(C)C)c1. The zero-order chi connectivity index (χ0) is 15.3. The van der Waals surface area contributed by atoms with Crippen LogP contribution in [0.25, 0.3) is 0 Å². The maximum Gasteiger partial charge on any atom is 0.123 e. The number of nitrogens with one attached hydrogen (secondary N) is 1. The van der Waals surface area contributed by atoms with Crippen LogP contribution in [-0.4, -0.2) is 18.7 Å². The minimum atomic E-state index is 0.205. The van der Waals surface area contributed by atoms with Crippen LogP contribution in [0, 0.1) is 12.8 Å². The van der Waals surface area contributed by atoms with Crippen LogP contribution in [0.3, 0.4) is 0 Å². The molecule has 0 radical (unpaired) electrons. The van der Waals surface area contributed by atoms with E-state index >= 15 is 0 Å². The Labute approximate surface area is 124 Å². The smallest absolute Gasteiger partial charge is 0.123 e. The summed E-state index contributed by atoms with van der Waals surface area (Å²) in [6.07, 6.45) is 0.205. The van der Waals surface area contributed by atoms with Crippen molar-refractivity contribution in [1.29, 1.82) is 0 Å². The molecule has 1 N–H and O–H groups in total. The Kier molecular flexibility index (Phi) is 6.54. The Hall–Kier alpha value is -1.02. The zero-order valence-electron chi connectivity index (χ0n) is 14.2. The van der Waals surface area contributed by atoms with Crippen molar-refractivity contribution < 1.29 is 4.74 Å². The third-order valence-electron chi connectivity index (χ3n) is 3.54. The molecule has 0 aromatic heterocycles. The van der Waals surface area contributed by atoms with Gasteiger partial charge in [-0.3, -0.25) is 0 Å². The molecule has 0 heterocycles. The normalized spacial score (nSPS) is 13.3. The fourth-order valence-corrected chi connectivity index (χ4v) is 2.15. The summed E-state index contributed by atoms with van der Waals surface area (Å²) in [5, 5.41) is 3.49. The van der Waals surface area contributed by atoms with Gasteiger partial charge in [-0.1, -0.05) is 53.7 Å². The van der Waals surface area contributed by atoms with Gasteiger partial charge in [-0.15, -0.1) is 0 Å². The molecule has 0 aliphatic heterocycles. The first-order valence-electron chi connectivity index (χ1n) is 7.81. The van der Waals surface area contributed by atoms with Crippen LogP contribution in [0.2, 0.25) is 0 Å². The van der Waals surface area contributed by atoms with Crippen molar-refractivity contribution in [2.45, 2.75) is 66.5 Å². The first-order chi connectivity index (χ1) is 9.31. The Bertz CT molecular complexity index is 410. The van der Waals surface area contributed by atoms with Gasteiger partial charge in [0.25, 0.3) is 0 Å². The van der Waals surface area contributed by atoms with E-state index in [0.717, 1.165) is 12.3 Å². The third kappa shape index (κ3) is 5.16. The third-order valence-corrected chi connectivity index (χ3v) is 3.54. The highest BCUT2D eigenvalue weighted by molar-refractivity contribution is 5.39. The maximum absolute atomic E-state index is 6.34. The quantitative estimate of drug-likeness (QED) is 0.791. The van der Waals surface area contributed by atoms with Crippen LogP contribution in [0.1, 0.15) is 58.6 Å². The van der Waals surface area contributed by atoms with E-state index in [1.54, 1.807) is 0 Å². The molecule has 114 valence electrons. The molecule has 1 unspecified atom stereocenters. The van der Waals surface area contributed by atoms with Crippen molar-refractivity contribution in [3.05, 3.63) is 29.3 Å². The summed E-state index contributed by atoms with van der Waals surface area (Å²) in [4.78, 5) is 0. The van der Waals surface area contributed by atoms with Gasteiger partial charge in [-0.25, -0.2) is 0 Å². The second kappa shape index (κ2) is 7.68. The van der Waals surface area contributed by atoms with Crippen molar-refractivity contribution in [2.75, 3.05) is 6.54 Å². The predicted molar refractivity (Wildman–Crippen MR) is 87.7 cm³/mol. The zero-order valence-corrected chi connectivity index (χ0v) is 14.2. The van der Waals surface area contributed by atoms with Gasteiger partial charge in [0, 0.05) is 12.6 Å². The molecule has 0 aliphatic rings. The molecule has 0 amide bonds. The van der Waals surface area contributed by atoms with Gasteiger partial charge in [-0.2, -0.15) is 0 Å². The van der Waals surface area contributed by atoms with Crippen LogP contribution in [-0.2, 0) is 0 Å². The van der Waals surface area contributed by atoms with Gasteiger partial charge >= 0.3 is 0 Å². The summed E-state index contributed by atoms with van der Waals surface area (Å²) in [6, 6.07) is 7.02. The van der Waals surface area contributed by atoms with E-state index in [9.17, 15) is 0 Å². The average molecular weight is 277 g/mol. The Morgan fingerprint density at radius 1 is 1.05 bits per heavy atom. The Morgan fingerprint density at radius 2 is 1.70 bits per heavy atom. The second-order valence-electron chi connectivity index (χ2n) is 6.66. The topological polar surface area (TPSA) is 21.3 Å². The summed E-state index contributed by atoms with van der Waals surface area (Å²) in [6.45, 7) is 16.2. The largest absolute Gasteiger partial charge is 0.489 e. The number of rotatable bonds is 7. The number of benzene rings is 1. The first-order valence-corrected chi connectivity index (χ1v) is 7.81. The molecule has 1 aromatic rings. The average Bonchev–Trinajstić information content (AvgIpc) is 2.33. The molecular formula is C18H31NO. The molecule has 2 heteroatoms. The summed E-state index contributed by atoms with van der Waals surface area (Å²) in [7, 11) is 0. The second-order valence-corrected chi connectivity index (χ2v) is 6.66. The number of hydrogen-bond donors (Lipinski definition) is 1. The van der Waals surface area contributed by atoms with Crippen molar-refractivity contribution in [1.82, 2.24) is 5.32 Å². The van der Waals surface area contributed by atoms with Gasteiger partial charge in [0.2, 0.25) is 0 Å². The summed E-state index contributed by atoms with van der Waals surface area (Å²) in [5.74, 6) is 2.02. The minimum absolute atomic E-state index is 0.205. The van der Waals surface area contributed by atoms with Crippen LogP contribution < -0.4 is 10.1 Å². The molecule has 20 heavy (non-hydrogen) atoms.